The molecule has 0 aliphatic heterocycles. The van der Waals surface area contributed by atoms with Crippen LogP contribution in [-0.2, 0) is 11.4 Å². The summed E-state index contributed by atoms with van der Waals surface area (Å²) in [6.07, 6.45) is 0.649. The van der Waals surface area contributed by atoms with Crippen molar-refractivity contribution in [1.29, 1.82) is 0 Å². The summed E-state index contributed by atoms with van der Waals surface area (Å²) in [6.45, 7) is 3.47. The molecule has 1 unspecified atom stereocenters. The first-order valence-electron chi connectivity index (χ1n) is 10.8. The first-order valence-corrected chi connectivity index (χ1v) is 11.6. The van der Waals surface area contributed by atoms with Crippen LogP contribution >= 0.6 is 11.8 Å². The van der Waals surface area contributed by atoms with Gasteiger partial charge in [-0.3, -0.25) is 9.59 Å². The molecule has 0 saturated carbocycles. The van der Waals surface area contributed by atoms with Gasteiger partial charge in [-0.25, -0.2) is 0 Å². The molecule has 1 N–H and O–H groups in total. The second-order valence-electron chi connectivity index (χ2n) is 8.29. The zero-order chi connectivity index (χ0) is 24.9. The van der Waals surface area contributed by atoms with Crippen molar-refractivity contribution in [3.8, 4) is 5.75 Å². The number of benzene rings is 3. The van der Waals surface area contributed by atoms with Crippen LogP contribution < -0.4 is 4.74 Å². The highest BCUT2D eigenvalue weighted by atomic mass is 32.2. The Morgan fingerprint density at radius 3 is 2.29 bits per heavy atom. The lowest BCUT2D eigenvalue weighted by atomic mass is 9.81. The van der Waals surface area contributed by atoms with Crippen molar-refractivity contribution in [3.63, 3.8) is 0 Å². The molecule has 4 nitrogen and oxygen atoms in total. The summed E-state index contributed by atoms with van der Waals surface area (Å²) >= 11 is -0.184. The maximum atomic E-state index is 13.1. The van der Waals surface area contributed by atoms with E-state index >= 15 is 0 Å². The quantitative estimate of drug-likeness (QED) is 0.236. The van der Waals surface area contributed by atoms with Crippen LogP contribution in [0.4, 0.5) is 13.2 Å². The van der Waals surface area contributed by atoms with E-state index in [4.69, 9.17) is 4.74 Å². The second kappa shape index (κ2) is 10.5. The minimum Gasteiger partial charge on any atom is -0.487 e. The van der Waals surface area contributed by atoms with Gasteiger partial charge in [0.15, 0.2) is 5.78 Å². The number of hydrogen-bond donors (Lipinski definition) is 1. The van der Waals surface area contributed by atoms with Gasteiger partial charge in [0.05, 0.1) is 11.0 Å². The van der Waals surface area contributed by atoms with Gasteiger partial charge in [0.25, 0.3) is 0 Å². The Labute approximate surface area is 200 Å². The number of carboxylic acids is 1. The molecule has 0 spiro atoms. The number of halogens is 3. The van der Waals surface area contributed by atoms with Crippen LogP contribution in [0.2, 0.25) is 0 Å². The van der Waals surface area contributed by atoms with E-state index in [0.29, 0.717) is 23.3 Å². The summed E-state index contributed by atoms with van der Waals surface area (Å²) in [5, 5.41) is 11.1. The Bertz CT molecular complexity index is 1170. The van der Waals surface area contributed by atoms with Crippen molar-refractivity contribution in [1.82, 2.24) is 0 Å². The van der Waals surface area contributed by atoms with Gasteiger partial charge in [0, 0.05) is 16.7 Å². The highest BCUT2D eigenvalue weighted by Gasteiger charge is 2.32. The minimum atomic E-state index is -4.36. The Hall–Kier alpha value is -3.00. The number of carboxylic acid groups (broad SMARTS) is 1. The predicted octanol–water partition coefficient (Wildman–Crippen LogP) is 7.49. The van der Waals surface area contributed by atoms with Gasteiger partial charge in [0.2, 0.25) is 0 Å². The average molecular weight is 491 g/mol. The van der Waals surface area contributed by atoms with Crippen LogP contribution in [0.1, 0.15) is 49.0 Å². The number of ether oxygens (including phenoxy) is 1. The van der Waals surface area contributed by atoms with Gasteiger partial charge in [-0.05, 0) is 60.7 Å². The van der Waals surface area contributed by atoms with Gasteiger partial charge in [-0.15, -0.1) is 0 Å². The van der Waals surface area contributed by atoms with Gasteiger partial charge in [-0.2, -0.15) is 13.2 Å². The minimum absolute atomic E-state index is 0.0503. The van der Waals surface area contributed by atoms with Crippen LogP contribution in [-0.4, -0.2) is 22.4 Å². The van der Waals surface area contributed by atoms with Crippen LogP contribution in [0.5, 0.6) is 5.75 Å². The second-order valence-corrected chi connectivity index (χ2v) is 9.42. The fourth-order valence-electron chi connectivity index (χ4n) is 3.52. The lowest BCUT2D eigenvalue weighted by molar-refractivity contribution is -0.148. The number of ketones is 1. The summed E-state index contributed by atoms with van der Waals surface area (Å²) in [6, 6.07) is 16.8. The van der Waals surface area contributed by atoms with Crippen molar-refractivity contribution >= 4 is 34.3 Å². The van der Waals surface area contributed by atoms with E-state index in [-0.39, 0.29) is 41.9 Å². The zero-order valence-corrected chi connectivity index (χ0v) is 19.6. The lowest BCUT2D eigenvalue weighted by Gasteiger charge is -2.22. The van der Waals surface area contributed by atoms with Crippen LogP contribution in [0.15, 0.2) is 65.6 Å². The molecule has 34 heavy (non-hydrogen) atoms. The number of Topliss-reactive ketones (excluding diaryl/α,β-unsaturated/α-hetero) is 1. The fourth-order valence-corrected chi connectivity index (χ4v) is 4.06. The number of carbonyl (C=O) groups is 2. The van der Waals surface area contributed by atoms with Crippen molar-refractivity contribution in [2.75, 3.05) is 0 Å². The highest BCUT2D eigenvalue weighted by Crippen LogP contribution is 2.37. The number of carbonyl (C=O) groups excluding carboxylic acids is 1. The maximum absolute atomic E-state index is 13.1. The van der Waals surface area contributed by atoms with Crippen molar-refractivity contribution < 1.29 is 32.6 Å². The normalized spacial score (nSPS) is 13.4. The number of thioether (sulfide) groups is 1. The molecule has 3 aromatic rings. The number of aliphatic carboxylic acids is 1. The van der Waals surface area contributed by atoms with Crippen molar-refractivity contribution in [2.45, 2.75) is 50.1 Å². The van der Waals surface area contributed by atoms with E-state index in [0.717, 1.165) is 10.8 Å². The SMILES string of the molecule is CCC(C)(CCC(=O)c1ccc2ccccc2c1OCc1ccc(SC(F)(F)F)cc1)C(=O)O. The van der Waals surface area contributed by atoms with Crippen molar-refractivity contribution in [2.24, 2.45) is 5.41 Å². The molecule has 0 aromatic heterocycles. The molecule has 0 bridgehead atoms. The standard InChI is InChI=1S/C26H25F3O4S/c1-3-25(2,24(31)32)15-14-22(30)21-13-10-18-6-4-5-7-20(18)23(21)33-16-17-8-11-19(12-9-17)34-26(27,28)29/h4-13H,3,14-16H2,1-2H3,(H,31,32). The molecule has 0 fully saturated rings. The first-order chi connectivity index (χ1) is 16.0. The third-order valence-electron chi connectivity index (χ3n) is 5.92. The number of fused-ring (bicyclic) bond motifs is 1. The fraction of sp³-hybridized carbons (Fsp3) is 0.308. The lowest BCUT2D eigenvalue weighted by Crippen LogP contribution is -2.27. The van der Waals surface area contributed by atoms with Gasteiger partial charge in [-0.1, -0.05) is 49.4 Å². The van der Waals surface area contributed by atoms with E-state index in [2.05, 4.69) is 0 Å². The van der Waals surface area contributed by atoms with E-state index < -0.39 is 16.9 Å². The average Bonchev–Trinajstić information content (AvgIpc) is 2.80. The largest absolute Gasteiger partial charge is 0.487 e. The number of rotatable bonds is 10. The smallest absolute Gasteiger partial charge is 0.446 e. The predicted molar refractivity (Wildman–Crippen MR) is 126 cm³/mol. The molecule has 3 aromatic carbocycles. The molecule has 1 atom stereocenters. The Morgan fingerprint density at radius 1 is 1.00 bits per heavy atom. The van der Waals surface area contributed by atoms with E-state index in [1.165, 1.54) is 12.1 Å². The van der Waals surface area contributed by atoms with Crippen LogP contribution in [0, 0.1) is 5.41 Å². The monoisotopic (exact) mass is 490 g/mol. The zero-order valence-electron chi connectivity index (χ0n) is 18.8. The molecule has 3 rings (SSSR count). The van der Waals surface area contributed by atoms with Crippen molar-refractivity contribution in [3.05, 3.63) is 71.8 Å². The molecule has 0 amide bonds. The summed E-state index contributed by atoms with van der Waals surface area (Å²) in [5.74, 6) is -0.783. The molecule has 0 saturated heterocycles. The number of hydrogen-bond acceptors (Lipinski definition) is 4. The molecule has 8 heteroatoms. The summed E-state index contributed by atoms with van der Waals surface area (Å²) in [4.78, 5) is 24.8. The highest BCUT2D eigenvalue weighted by molar-refractivity contribution is 8.00. The van der Waals surface area contributed by atoms with Crippen LogP contribution in [0.25, 0.3) is 10.8 Å². The van der Waals surface area contributed by atoms with E-state index in [1.54, 1.807) is 32.0 Å². The first kappa shape index (κ1) is 25.6. The molecule has 0 heterocycles. The Balaban J connectivity index is 1.84. The number of alkyl halides is 3. The van der Waals surface area contributed by atoms with Crippen LogP contribution in [0.3, 0.4) is 0 Å². The molecule has 0 aliphatic rings. The molecular formula is C26H25F3O4S. The maximum Gasteiger partial charge on any atom is 0.446 e. The van der Waals surface area contributed by atoms with E-state index in [9.17, 15) is 27.9 Å². The topological polar surface area (TPSA) is 63.6 Å². The Kier molecular flexibility index (Phi) is 7.92. The molecule has 0 radical (unpaired) electrons. The molecular weight excluding hydrogens is 465 g/mol. The summed E-state index contributed by atoms with van der Waals surface area (Å²) in [5.41, 5.74) is -4.34. The van der Waals surface area contributed by atoms with Gasteiger partial charge in [0.1, 0.15) is 12.4 Å². The molecule has 0 aliphatic carbocycles. The third-order valence-corrected chi connectivity index (χ3v) is 6.66. The summed E-state index contributed by atoms with van der Waals surface area (Å²) in [7, 11) is 0. The van der Waals surface area contributed by atoms with Gasteiger partial charge >= 0.3 is 11.5 Å². The van der Waals surface area contributed by atoms with Gasteiger partial charge < -0.3 is 9.84 Å². The Morgan fingerprint density at radius 2 is 1.68 bits per heavy atom. The summed E-state index contributed by atoms with van der Waals surface area (Å²) < 4.78 is 43.7. The molecule has 180 valence electrons. The van der Waals surface area contributed by atoms with E-state index in [1.807, 2.05) is 30.3 Å². The third kappa shape index (κ3) is 6.32.